The third-order valence-corrected chi connectivity index (χ3v) is 3.41. The second-order valence-electron chi connectivity index (χ2n) is 4.83. The number of benzene rings is 2. The van der Waals surface area contributed by atoms with Gasteiger partial charge in [-0.2, -0.15) is 0 Å². The molecule has 0 saturated carbocycles. The Labute approximate surface area is 117 Å². The molecule has 0 radical (unpaired) electrons. The van der Waals surface area contributed by atoms with Crippen LogP contribution in [0, 0.1) is 0 Å². The molecule has 0 spiro atoms. The molecule has 0 aromatic heterocycles. The van der Waals surface area contributed by atoms with E-state index >= 15 is 0 Å². The third kappa shape index (κ3) is 2.30. The first-order chi connectivity index (χ1) is 9.75. The maximum atomic E-state index is 12.4. The second-order valence-corrected chi connectivity index (χ2v) is 4.83. The molecule has 0 fully saturated rings. The molecular formula is C17H15NO2. The van der Waals surface area contributed by atoms with Crippen molar-refractivity contribution >= 4 is 11.5 Å². The molecule has 0 unspecified atom stereocenters. The van der Waals surface area contributed by atoms with Crippen molar-refractivity contribution in [1.82, 2.24) is 4.90 Å². The Morgan fingerprint density at radius 2 is 1.55 bits per heavy atom. The van der Waals surface area contributed by atoms with Gasteiger partial charge >= 0.3 is 0 Å². The molecule has 3 heteroatoms. The minimum Gasteiger partial charge on any atom is -0.510 e. The van der Waals surface area contributed by atoms with Crippen LogP contribution in [0.2, 0.25) is 0 Å². The number of amides is 1. The smallest absolute Gasteiger partial charge is 0.258 e. The van der Waals surface area contributed by atoms with Gasteiger partial charge < -0.3 is 10.0 Å². The van der Waals surface area contributed by atoms with Gasteiger partial charge in [-0.05, 0) is 11.1 Å². The molecule has 1 heterocycles. The normalized spacial score (nSPS) is 15.0. The number of rotatable bonds is 3. The predicted octanol–water partition coefficient (Wildman–Crippen LogP) is 3.00. The van der Waals surface area contributed by atoms with E-state index in [0.29, 0.717) is 12.1 Å². The van der Waals surface area contributed by atoms with Crippen LogP contribution in [-0.4, -0.2) is 22.5 Å². The molecule has 0 atom stereocenters. The summed E-state index contributed by atoms with van der Waals surface area (Å²) in [6.45, 7) is 0.790. The Morgan fingerprint density at radius 3 is 2.20 bits per heavy atom. The molecule has 0 bridgehead atoms. The number of aliphatic hydroxyl groups excluding tert-OH is 1. The van der Waals surface area contributed by atoms with Crippen LogP contribution in [0.15, 0.2) is 66.4 Å². The van der Waals surface area contributed by atoms with Gasteiger partial charge in [0, 0.05) is 6.54 Å². The fraction of sp³-hybridized carbons (Fsp3) is 0.118. The summed E-state index contributed by atoms with van der Waals surface area (Å²) in [7, 11) is 0. The lowest BCUT2D eigenvalue weighted by Gasteiger charge is -2.16. The van der Waals surface area contributed by atoms with Crippen molar-refractivity contribution in [3.8, 4) is 0 Å². The fourth-order valence-electron chi connectivity index (χ4n) is 2.44. The van der Waals surface area contributed by atoms with Gasteiger partial charge in [0.25, 0.3) is 5.91 Å². The van der Waals surface area contributed by atoms with E-state index in [-0.39, 0.29) is 18.2 Å². The standard InChI is InChI=1S/C17H15NO2/c19-15-12-18(11-13-7-3-1-4-8-13)17(20)16(15)14-9-5-2-6-10-14/h1-10,19H,11-12H2. The molecule has 0 aliphatic carbocycles. The predicted molar refractivity (Wildman–Crippen MR) is 77.8 cm³/mol. The summed E-state index contributed by atoms with van der Waals surface area (Å²) in [4.78, 5) is 14.1. The molecule has 2 aromatic carbocycles. The van der Waals surface area contributed by atoms with Gasteiger partial charge in [0.15, 0.2) is 0 Å². The van der Waals surface area contributed by atoms with Crippen LogP contribution >= 0.6 is 0 Å². The maximum Gasteiger partial charge on any atom is 0.258 e. The van der Waals surface area contributed by atoms with Crippen molar-refractivity contribution in [3.63, 3.8) is 0 Å². The number of carbonyl (C=O) groups is 1. The largest absolute Gasteiger partial charge is 0.510 e. The summed E-state index contributed by atoms with van der Waals surface area (Å²) >= 11 is 0. The van der Waals surface area contributed by atoms with Gasteiger partial charge in [0.1, 0.15) is 5.76 Å². The zero-order chi connectivity index (χ0) is 13.9. The quantitative estimate of drug-likeness (QED) is 0.926. The molecule has 1 aliphatic rings. The van der Waals surface area contributed by atoms with Crippen LogP contribution in [0.1, 0.15) is 11.1 Å². The van der Waals surface area contributed by atoms with Crippen LogP contribution in [0.25, 0.3) is 5.57 Å². The van der Waals surface area contributed by atoms with E-state index in [2.05, 4.69) is 0 Å². The van der Waals surface area contributed by atoms with E-state index in [1.54, 1.807) is 4.90 Å². The molecular weight excluding hydrogens is 250 g/mol. The Hall–Kier alpha value is -2.55. The number of carbonyl (C=O) groups excluding carboxylic acids is 1. The summed E-state index contributed by atoms with van der Waals surface area (Å²) in [6, 6.07) is 19.1. The van der Waals surface area contributed by atoms with Crippen LogP contribution < -0.4 is 0 Å². The van der Waals surface area contributed by atoms with Crippen molar-refractivity contribution in [2.45, 2.75) is 6.54 Å². The fourth-order valence-corrected chi connectivity index (χ4v) is 2.44. The van der Waals surface area contributed by atoms with Gasteiger partial charge in [-0.15, -0.1) is 0 Å². The second kappa shape index (κ2) is 5.21. The number of hydrogen-bond acceptors (Lipinski definition) is 2. The Morgan fingerprint density at radius 1 is 0.950 bits per heavy atom. The zero-order valence-electron chi connectivity index (χ0n) is 11.0. The average Bonchev–Trinajstić information content (AvgIpc) is 2.75. The maximum absolute atomic E-state index is 12.4. The monoisotopic (exact) mass is 265 g/mol. The van der Waals surface area contributed by atoms with Gasteiger partial charge in [-0.1, -0.05) is 60.7 Å². The molecule has 1 N–H and O–H groups in total. The minimum atomic E-state index is -0.113. The Kier molecular flexibility index (Phi) is 3.25. The first-order valence-corrected chi connectivity index (χ1v) is 6.56. The molecule has 1 aliphatic heterocycles. The molecule has 20 heavy (non-hydrogen) atoms. The van der Waals surface area contributed by atoms with Gasteiger partial charge in [0.05, 0.1) is 12.1 Å². The molecule has 1 amide bonds. The Bertz CT molecular complexity index is 647. The topological polar surface area (TPSA) is 40.5 Å². The average molecular weight is 265 g/mol. The first-order valence-electron chi connectivity index (χ1n) is 6.56. The highest BCUT2D eigenvalue weighted by Crippen LogP contribution is 2.27. The van der Waals surface area contributed by atoms with Gasteiger partial charge in [-0.3, -0.25) is 4.79 Å². The van der Waals surface area contributed by atoms with Gasteiger partial charge in [0.2, 0.25) is 0 Å². The van der Waals surface area contributed by atoms with Crippen molar-refractivity contribution in [1.29, 1.82) is 0 Å². The molecule has 0 saturated heterocycles. The first kappa shape index (κ1) is 12.5. The van der Waals surface area contributed by atoms with E-state index in [0.717, 1.165) is 11.1 Å². The number of aliphatic hydroxyl groups is 1. The lowest BCUT2D eigenvalue weighted by atomic mass is 10.1. The molecule has 100 valence electrons. The van der Waals surface area contributed by atoms with Gasteiger partial charge in [-0.25, -0.2) is 0 Å². The molecule has 3 nitrogen and oxygen atoms in total. The molecule has 2 aromatic rings. The highest BCUT2D eigenvalue weighted by Gasteiger charge is 2.31. The number of hydrogen-bond donors (Lipinski definition) is 1. The highest BCUT2D eigenvalue weighted by atomic mass is 16.3. The van der Waals surface area contributed by atoms with Crippen molar-refractivity contribution in [3.05, 3.63) is 77.5 Å². The van der Waals surface area contributed by atoms with Crippen molar-refractivity contribution in [2.24, 2.45) is 0 Å². The summed E-state index contributed by atoms with van der Waals surface area (Å²) < 4.78 is 0. The van der Waals surface area contributed by atoms with E-state index in [1.807, 2.05) is 60.7 Å². The van der Waals surface area contributed by atoms with Crippen molar-refractivity contribution in [2.75, 3.05) is 6.54 Å². The van der Waals surface area contributed by atoms with Crippen LogP contribution in [0.5, 0.6) is 0 Å². The number of nitrogens with zero attached hydrogens (tertiary/aromatic N) is 1. The lowest BCUT2D eigenvalue weighted by molar-refractivity contribution is -0.124. The van der Waals surface area contributed by atoms with Crippen molar-refractivity contribution < 1.29 is 9.90 Å². The summed E-state index contributed by atoms with van der Waals surface area (Å²) in [5, 5.41) is 10.1. The molecule has 3 rings (SSSR count). The van der Waals surface area contributed by atoms with E-state index in [1.165, 1.54) is 0 Å². The van der Waals surface area contributed by atoms with E-state index in [4.69, 9.17) is 0 Å². The lowest BCUT2D eigenvalue weighted by Crippen LogP contribution is -2.26. The summed E-state index contributed by atoms with van der Waals surface area (Å²) in [5.41, 5.74) is 2.25. The Balaban J connectivity index is 1.82. The summed E-state index contributed by atoms with van der Waals surface area (Å²) in [6.07, 6.45) is 0. The highest BCUT2D eigenvalue weighted by molar-refractivity contribution is 6.22. The minimum absolute atomic E-state index is 0.113. The third-order valence-electron chi connectivity index (χ3n) is 3.41. The zero-order valence-corrected chi connectivity index (χ0v) is 11.0. The van der Waals surface area contributed by atoms with E-state index in [9.17, 15) is 9.90 Å². The van der Waals surface area contributed by atoms with E-state index < -0.39 is 0 Å². The van der Waals surface area contributed by atoms with Crippen LogP contribution in [0.3, 0.4) is 0 Å². The van der Waals surface area contributed by atoms with Crippen LogP contribution in [0.4, 0.5) is 0 Å². The summed E-state index contributed by atoms with van der Waals surface area (Å²) in [5.74, 6) is 0.0367. The van der Waals surface area contributed by atoms with Crippen LogP contribution in [-0.2, 0) is 11.3 Å². The SMILES string of the molecule is O=C1C(c2ccccc2)=C(O)CN1Cc1ccccc1.